The Labute approximate surface area is 235 Å². The Hall–Kier alpha value is -3.94. The van der Waals surface area contributed by atoms with E-state index < -0.39 is 0 Å². The average molecular weight is 537 g/mol. The molecule has 3 aromatic carbocycles. The van der Waals surface area contributed by atoms with Gasteiger partial charge in [0.15, 0.2) is 0 Å². The fourth-order valence-electron chi connectivity index (χ4n) is 5.76. The summed E-state index contributed by atoms with van der Waals surface area (Å²) in [5.74, 6) is 1.04. The molecule has 4 atom stereocenters. The molecule has 1 aliphatic carbocycles. The first-order valence-electron chi connectivity index (χ1n) is 14.0. The fourth-order valence-corrected chi connectivity index (χ4v) is 5.76. The predicted octanol–water partition coefficient (Wildman–Crippen LogP) is 6.09. The van der Waals surface area contributed by atoms with Crippen LogP contribution in [-0.4, -0.2) is 53.4 Å². The van der Waals surface area contributed by atoms with Gasteiger partial charge in [-0.25, -0.2) is 0 Å². The van der Waals surface area contributed by atoms with Crippen LogP contribution in [0, 0.1) is 5.92 Å². The third kappa shape index (κ3) is 5.96. The van der Waals surface area contributed by atoms with Crippen LogP contribution in [0.5, 0.6) is 5.75 Å². The molecule has 1 amide bonds. The van der Waals surface area contributed by atoms with Crippen molar-refractivity contribution < 1.29 is 14.3 Å². The van der Waals surface area contributed by atoms with Crippen LogP contribution < -0.4 is 10.1 Å². The van der Waals surface area contributed by atoms with Gasteiger partial charge in [-0.2, -0.15) is 5.10 Å². The van der Waals surface area contributed by atoms with Crippen LogP contribution in [0.1, 0.15) is 48.6 Å². The van der Waals surface area contributed by atoms with E-state index in [0.717, 1.165) is 59.7 Å². The molecule has 1 aliphatic heterocycles. The van der Waals surface area contributed by atoms with Gasteiger partial charge in [0, 0.05) is 36.6 Å². The molecule has 7 heteroatoms. The van der Waals surface area contributed by atoms with Crippen LogP contribution in [0.3, 0.4) is 0 Å². The first-order valence-corrected chi connectivity index (χ1v) is 14.0. The highest BCUT2D eigenvalue weighted by atomic mass is 16.5. The second kappa shape index (κ2) is 11.3. The molecule has 2 N–H and O–H groups in total. The maximum Gasteiger partial charge on any atom is 0.228 e. The molecule has 40 heavy (non-hydrogen) atoms. The van der Waals surface area contributed by atoms with Crippen molar-refractivity contribution in [1.29, 1.82) is 0 Å². The summed E-state index contributed by atoms with van der Waals surface area (Å²) in [6.45, 7) is 7.17. The minimum Gasteiger partial charge on any atom is -0.497 e. The van der Waals surface area contributed by atoms with Crippen molar-refractivity contribution in [1.82, 2.24) is 15.1 Å². The van der Waals surface area contributed by atoms with E-state index in [1.165, 1.54) is 11.1 Å². The Morgan fingerprint density at radius 1 is 1.05 bits per heavy atom. The topological polar surface area (TPSA) is 79.5 Å². The second-order valence-corrected chi connectivity index (χ2v) is 11.1. The summed E-state index contributed by atoms with van der Waals surface area (Å²) in [7, 11) is 1.63. The van der Waals surface area contributed by atoms with Crippen LogP contribution in [0.2, 0.25) is 0 Å². The monoisotopic (exact) mass is 536 g/mol. The number of aromatic nitrogens is 2. The number of aromatic amines is 1. The molecule has 0 bridgehead atoms. The number of methoxy groups -OCH3 is 1. The molecule has 1 aromatic heterocycles. The summed E-state index contributed by atoms with van der Waals surface area (Å²) in [5.41, 5.74) is 6.31. The SMILES string of the molecule is COc1ccc(NC(=O)C2C[C@H]2c2ccc3c(/C=C/c4ccc(CN5CC(C)OC(C)C5)cc4)n[nH]c3c2)cc1. The van der Waals surface area contributed by atoms with Crippen molar-refractivity contribution in [2.75, 3.05) is 25.5 Å². The van der Waals surface area contributed by atoms with Gasteiger partial charge in [0.2, 0.25) is 5.91 Å². The summed E-state index contributed by atoms with van der Waals surface area (Å²) >= 11 is 0. The second-order valence-electron chi connectivity index (χ2n) is 11.1. The Bertz CT molecular complexity index is 1500. The van der Waals surface area contributed by atoms with Crippen LogP contribution >= 0.6 is 0 Å². The molecule has 3 unspecified atom stereocenters. The predicted molar refractivity (Wildman–Crippen MR) is 159 cm³/mol. The quantitative estimate of drug-likeness (QED) is 0.285. The molecular formula is C33H36N4O3. The number of carbonyl (C=O) groups is 1. The number of amides is 1. The van der Waals surface area contributed by atoms with E-state index >= 15 is 0 Å². The number of nitrogens with one attached hydrogen (secondary N) is 2. The first-order chi connectivity index (χ1) is 19.4. The summed E-state index contributed by atoms with van der Waals surface area (Å²) in [4.78, 5) is 15.2. The van der Waals surface area contributed by atoms with Gasteiger partial charge >= 0.3 is 0 Å². The molecule has 206 valence electrons. The number of hydrogen-bond donors (Lipinski definition) is 2. The van der Waals surface area contributed by atoms with Crippen LogP contribution in [0.4, 0.5) is 5.69 Å². The Morgan fingerprint density at radius 3 is 2.52 bits per heavy atom. The molecule has 2 aliphatic rings. The van der Waals surface area contributed by atoms with E-state index in [1.807, 2.05) is 24.3 Å². The number of benzene rings is 3. The zero-order valence-electron chi connectivity index (χ0n) is 23.3. The van der Waals surface area contributed by atoms with Crippen LogP contribution in [0.25, 0.3) is 23.1 Å². The van der Waals surface area contributed by atoms with Crippen molar-refractivity contribution in [3.8, 4) is 5.75 Å². The number of rotatable bonds is 8. The third-order valence-corrected chi connectivity index (χ3v) is 7.84. The number of ether oxygens (including phenoxy) is 2. The maximum atomic E-state index is 12.8. The van der Waals surface area contributed by atoms with E-state index in [2.05, 4.69) is 88.9 Å². The van der Waals surface area contributed by atoms with Gasteiger partial charge in [0.1, 0.15) is 5.75 Å². The highest BCUT2D eigenvalue weighted by molar-refractivity contribution is 5.96. The highest BCUT2D eigenvalue weighted by Crippen LogP contribution is 2.48. The fraction of sp³-hybridized carbons (Fsp3) is 0.333. The van der Waals surface area contributed by atoms with Crippen LogP contribution in [-0.2, 0) is 16.1 Å². The lowest BCUT2D eigenvalue weighted by Crippen LogP contribution is -2.44. The molecule has 1 saturated carbocycles. The van der Waals surface area contributed by atoms with Crippen molar-refractivity contribution in [2.45, 2.75) is 44.9 Å². The number of anilines is 1. The smallest absolute Gasteiger partial charge is 0.228 e. The number of fused-ring (bicyclic) bond motifs is 1. The molecule has 2 heterocycles. The van der Waals surface area contributed by atoms with Crippen molar-refractivity contribution in [3.63, 3.8) is 0 Å². The zero-order valence-corrected chi connectivity index (χ0v) is 23.3. The van der Waals surface area contributed by atoms with Gasteiger partial charge in [-0.05, 0) is 79.3 Å². The Kier molecular flexibility index (Phi) is 7.41. The third-order valence-electron chi connectivity index (χ3n) is 7.84. The summed E-state index contributed by atoms with van der Waals surface area (Å²) < 4.78 is 11.0. The Balaban J connectivity index is 1.06. The largest absolute Gasteiger partial charge is 0.497 e. The van der Waals surface area contributed by atoms with Gasteiger partial charge in [-0.3, -0.25) is 14.8 Å². The molecule has 0 radical (unpaired) electrons. The summed E-state index contributed by atoms with van der Waals surface area (Å²) in [6, 6.07) is 22.5. The molecule has 1 saturated heterocycles. The lowest BCUT2D eigenvalue weighted by molar-refractivity contribution is -0.117. The molecule has 2 fully saturated rings. The molecule has 7 nitrogen and oxygen atoms in total. The van der Waals surface area contributed by atoms with E-state index in [1.54, 1.807) is 7.11 Å². The lowest BCUT2D eigenvalue weighted by Gasteiger charge is -2.35. The highest BCUT2D eigenvalue weighted by Gasteiger charge is 2.44. The Morgan fingerprint density at radius 2 is 1.80 bits per heavy atom. The van der Waals surface area contributed by atoms with Gasteiger partial charge in [0.05, 0.1) is 30.5 Å². The van der Waals surface area contributed by atoms with Crippen molar-refractivity contribution >= 4 is 34.6 Å². The minimum absolute atomic E-state index is 0.0140. The number of carbonyl (C=O) groups excluding carboxylic acids is 1. The molecule has 0 spiro atoms. The summed E-state index contributed by atoms with van der Waals surface area (Å²) in [5, 5.41) is 11.8. The molecule has 6 rings (SSSR count). The standard InChI is InChI=1S/C33H36N4O3/c1-21-18-37(19-22(2)40-21)20-24-6-4-23(5-7-24)8-15-31-28-14-9-25(16-32(28)36-35-31)29-17-30(29)33(38)34-26-10-12-27(39-3)13-11-26/h4-16,21-22,29-30H,17-20H2,1-3H3,(H,34,38)(H,35,36)/b15-8+/t21?,22?,29-,30?/m0/s1. The zero-order chi connectivity index (χ0) is 27.6. The minimum atomic E-state index is -0.0140. The van der Waals surface area contributed by atoms with Gasteiger partial charge in [0.25, 0.3) is 0 Å². The summed E-state index contributed by atoms with van der Waals surface area (Å²) in [6.07, 6.45) is 5.57. The van der Waals surface area contributed by atoms with E-state index in [4.69, 9.17) is 9.47 Å². The number of H-pyrrole nitrogens is 1. The maximum absolute atomic E-state index is 12.8. The van der Waals surface area contributed by atoms with Crippen molar-refractivity contribution in [3.05, 3.63) is 89.1 Å². The van der Waals surface area contributed by atoms with Crippen LogP contribution in [0.15, 0.2) is 66.7 Å². The van der Waals surface area contributed by atoms with Gasteiger partial charge in [-0.1, -0.05) is 42.5 Å². The number of morpholine rings is 1. The van der Waals surface area contributed by atoms with Gasteiger partial charge < -0.3 is 14.8 Å². The normalized spacial score (nSPS) is 23.0. The number of hydrogen-bond acceptors (Lipinski definition) is 5. The van der Waals surface area contributed by atoms with E-state index in [-0.39, 0.29) is 30.0 Å². The van der Waals surface area contributed by atoms with Gasteiger partial charge in [-0.15, -0.1) is 0 Å². The first kappa shape index (κ1) is 26.3. The number of nitrogens with zero attached hydrogens (tertiary/aromatic N) is 2. The van der Waals surface area contributed by atoms with Crippen molar-refractivity contribution in [2.24, 2.45) is 5.92 Å². The molecular weight excluding hydrogens is 500 g/mol. The van der Waals surface area contributed by atoms with E-state index in [0.29, 0.717) is 0 Å². The molecule has 4 aromatic rings. The average Bonchev–Trinajstić information content (AvgIpc) is 3.66. The lowest BCUT2D eigenvalue weighted by atomic mass is 10.1. The van der Waals surface area contributed by atoms with E-state index in [9.17, 15) is 4.79 Å².